The highest BCUT2D eigenvalue weighted by molar-refractivity contribution is 5.90. The molecule has 1 fully saturated rings. The average molecular weight is 276 g/mol. The molecule has 108 valence electrons. The standard InChI is InChI=1S/C15H20N2O3/c1-10-3-4-13(11(2)7-10)16-15(20)17-6-5-12(9-17)8-14(18)19/h3-4,7,12H,5-6,8-9H2,1-2H3,(H,16,20)(H,18,19). The molecule has 0 radical (unpaired) electrons. The van der Waals surface area contributed by atoms with E-state index in [1.165, 1.54) is 0 Å². The summed E-state index contributed by atoms with van der Waals surface area (Å²) in [5, 5.41) is 11.7. The van der Waals surface area contributed by atoms with E-state index in [9.17, 15) is 9.59 Å². The fourth-order valence-electron chi connectivity index (χ4n) is 2.58. The molecule has 20 heavy (non-hydrogen) atoms. The first-order valence-electron chi connectivity index (χ1n) is 6.80. The van der Waals surface area contributed by atoms with Gasteiger partial charge in [-0.05, 0) is 37.8 Å². The van der Waals surface area contributed by atoms with Crippen molar-refractivity contribution in [3.8, 4) is 0 Å². The lowest BCUT2D eigenvalue weighted by molar-refractivity contribution is -0.138. The Kier molecular flexibility index (Phi) is 4.27. The lowest BCUT2D eigenvalue weighted by Crippen LogP contribution is -2.33. The molecule has 0 aliphatic carbocycles. The second-order valence-electron chi connectivity index (χ2n) is 5.45. The Labute approximate surface area is 118 Å². The number of anilines is 1. The summed E-state index contributed by atoms with van der Waals surface area (Å²) in [5.41, 5.74) is 2.99. The van der Waals surface area contributed by atoms with Crippen LogP contribution in [0, 0.1) is 19.8 Å². The Hall–Kier alpha value is -2.04. The van der Waals surface area contributed by atoms with E-state index in [2.05, 4.69) is 5.32 Å². The zero-order valence-electron chi connectivity index (χ0n) is 11.8. The topological polar surface area (TPSA) is 69.6 Å². The molecule has 5 nitrogen and oxygen atoms in total. The number of nitrogens with zero attached hydrogens (tertiary/aromatic N) is 1. The Morgan fingerprint density at radius 2 is 2.15 bits per heavy atom. The number of aliphatic carboxylic acids is 1. The Morgan fingerprint density at radius 3 is 2.80 bits per heavy atom. The molecular weight excluding hydrogens is 256 g/mol. The van der Waals surface area contributed by atoms with Crippen molar-refractivity contribution in [1.82, 2.24) is 4.90 Å². The van der Waals surface area contributed by atoms with Crippen molar-refractivity contribution in [3.05, 3.63) is 29.3 Å². The van der Waals surface area contributed by atoms with Gasteiger partial charge in [0.15, 0.2) is 0 Å². The first kappa shape index (κ1) is 14.4. The number of carboxylic acids is 1. The molecular formula is C15H20N2O3. The normalized spacial score (nSPS) is 18.1. The molecule has 2 amide bonds. The van der Waals surface area contributed by atoms with E-state index in [1.807, 2.05) is 32.0 Å². The number of benzene rings is 1. The van der Waals surface area contributed by atoms with Gasteiger partial charge in [0.1, 0.15) is 0 Å². The molecule has 1 unspecified atom stereocenters. The Balaban J connectivity index is 1.94. The largest absolute Gasteiger partial charge is 0.481 e. The van der Waals surface area contributed by atoms with E-state index in [0.717, 1.165) is 23.2 Å². The maximum Gasteiger partial charge on any atom is 0.321 e. The van der Waals surface area contributed by atoms with Gasteiger partial charge in [0.05, 0.1) is 0 Å². The number of carbonyl (C=O) groups excluding carboxylic acids is 1. The third-order valence-electron chi connectivity index (χ3n) is 3.66. The zero-order chi connectivity index (χ0) is 14.7. The van der Waals surface area contributed by atoms with E-state index < -0.39 is 5.97 Å². The van der Waals surface area contributed by atoms with Crippen molar-refractivity contribution < 1.29 is 14.7 Å². The van der Waals surface area contributed by atoms with Crippen LogP contribution in [0.2, 0.25) is 0 Å². The van der Waals surface area contributed by atoms with Gasteiger partial charge in [-0.3, -0.25) is 4.79 Å². The summed E-state index contributed by atoms with van der Waals surface area (Å²) >= 11 is 0. The quantitative estimate of drug-likeness (QED) is 0.891. The van der Waals surface area contributed by atoms with Crippen LogP contribution in [0.3, 0.4) is 0 Å². The molecule has 1 heterocycles. The summed E-state index contributed by atoms with van der Waals surface area (Å²) < 4.78 is 0. The molecule has 0 spiro atoms. The van der Waals surface area contributed by atoms with Crippen molar-refractivity contribution in [1.29, 1.82) is 0 Å². The van der Waals surface area contributed by atoms with Crippen LogP contribution in [0.15, 0.2) is 18.2 Å². The van der Waals surface area contributed by atoms with Crippen molar-refractivity contribution in [2.45, 2.75) is 26.7 Å². The lowest BCUT2D eigenvalue weighted by atomic mass is 10.1. The minimum absolute atomic E-state index is 0.0670. The van der Waals surface area contributed by atoms with Crippen LogP contribution in [0.25, 0.3) is 0 Å². The minimum atomic E-state index is -0.799. The number of hydrogen-bond acceptors (Lipinski definition) is 2. The summed E-state index contributed by atoms with van der Waals surface area (Å²) in [5.74, 6) is -0.732. The molecule has 2 N–H and O–H groups in total. The highest BCUT2D eigenvalue weighted by Crippen LogP contribution is 2.22. The van der Waals surface area contributed by atoms with Crippen LogP contribution in [0.5, 0.6) is 0 Å². The third kappa shape index (κ3) is 3.50. The number of urea groups is 1. The summed E-state index contributed by atoms with van der Waals surface area (Å²) in [6.07, 6.45) is 0.889. The van der Waals surface area contributed by atoms with Gasteiger partial charge in [-0.25, -0.2) is 4.79 Å². The smallest absolute Gasteiger partial charge is 0.321 e. The van der Waals surface area contributed by atoms with Gasteiger partial charge in [-0.15, -0.1) is 0 Å². The zero-order valence-corrected chi connectivity index (χ0v) is 11.8. The summed E-state index contributed by atoms with van der Waals surface area (Å²) in [7, 11) is 0. The molecule has 1 aromatic carbocycles. The SMILES string of the molecule is Cc1ccc(NC(=O)N2CCC(CC(=O)O)C2)c(C)c1. The van der Waals surface area contributed by atoms with Gasteiger partial charge in [-0.2, -0.15) is 0 Å². The van der Waals surface area contributed by atoms with E-state index in [1.54, 1.807) is 4.90 Å². The van der Waals surface area contributed by atoms with Crippen molar-refractivity contribution in [2.24, 2.45) is 5.92 Å². The number of carboxylic acid groups (broad SMARTS) is 1. The van der Waals surface area contributed by atoms with Gasteiger partial charge >= 0.3 is 12.0 Å². The molecule has 1 aliphatic rings. The maximum atomic E-state index is 12.2. The molecule has 1 atom stereocenters. The second-order valence-corrected chi connectivity index (χ2v) is 5.45. The van der Waals surface area contributed by atoms with E-state index in [4.69, 9.17) is 5.11 Å². The first-order chi connectivity index (χ1) is 9.45. The van der Waals surface area contributed by atoms with Gasteiger partial charge < -0.3 is 15.3 Å². The van der Waals surface area contributed by atoms with Crippen LogP contribution in [-0.2, 0) is 4.79 Å². The molecule has 5 heteroatoms. The van der Waals surface area contributed by atoms with Crippen LogP contribution >= 0.6 is 0 Å². The molecule has 0 bridgehead atoms. The van der Waals surface area contributed by atoms with E-state index in [-0.39, 0.29) is 18.4 Å². The van der Waals surface area contributed by atoms with Gasteiger partial charge in [0.2, 0.25) is 0 Å². The van der Waals surface area contributed by atoms with Crippen LogP contribution in [0.4, 0.5) is 10.5 Å². The predicted molar refractivity (Wildman–Crippen MR) is 76.9 cm³/mol. The van der Waals surface area contributed by atoms with Crippen LogP contribution in [-0.4, -0.2) is 35.1 Å². The maximum absolute atomic E-state index is 12.2. The van der Waals surface area contributed by atoms with Crippen molar-refractivity contribution >= 4 is 17.7 Å². The van der Waals surface area contributed by atoms with Gasteiger partial charge in [0.25, 0.3) is 0 Å². The lowest BCUT2D eigenvalue weighted by Gasteiger charge is -2.18. The molecule has 0 aromatic heterocycles. The van der Waals surface area contributed by atoms with Crippen LogP contribution < -0.4 is 5.32 Å². The number of hydrogen-bond donors (Lipinski definition) is 2. The van der Waals surface area contributed by atoms with Crippen molar-refractivity contribution in [2.75, 3.05) is 18.4 Å². The summed E-state index contributed by atoms with van der Waals surface area (Å²) in [6, 6.07) is 5.73. The van der Waals surface area contributed by atoms with Crippen LogP contribution in [0.1, 0.15) is 24.0 Å². The molecule has 1 aromatic rings. The first-order valence-corrected chi connectivity index (χ1v) is 6.80. The predicted octanol–water partition coefficient (Wildman–Crippen LogP) is 2.63. The number of likely N-dealkylation sites (tertiary alicyclic amines) is 1. The number of rotatable bonds is 3. The number of carbonyl (C=O) groups is 2. The summed E-state index contributed by atoms with van der Waals surface area (Å²) in [4.78, 5) is 24.5. The number of aryl methyl sites for hydroxylation is 2. The average Bonchev–Trinajstić information content (AvgIpc) is 2.80. The van der Waals surface area contributed by atoms with Gasteiger partial charge in [-0.1, -0.05) is 17.7 Å². The van der Waals surface area contributed by atoms with Crippen molar-refractivity contribution in [3.63, 3.8) is 0 Å². The molecule has 2 rings (SSSR count). The van der Waals surface area contributed by atoms with Gasteiger partial charge in [0, 0.05) is 25.2 Å². The highest BCUT2D eigenvalue weighted by atomic mass is 16.4. The second kappa shape index (κ2) is 5.94. The number of nitrogens with one attached hydrogen (secondary N) is 1. The molecule has 0 saturated carbocycles. The number of amides is 2. The molecule has 1 aliphatic heterocycles. The molecule has 1 saturated heterocycles. The Morgan fingerprint density at radius 1 is 1.40 bits per heavy atom. The fourth-order valence-corrected chi connectivity index (χ4v) is 2.58. The Bertz CT molecular complexity index is 528. The third-order valence-corrected chi connectivity index (χ3v) is 3.66. The monoisotopic (exact) mass is 276 g/mol. The minimum Gasteiger partial charge on any atom is -0.481 e. The fraction of sp³-hybridized carbons (Fsp3) is 0.467. The highest BCUT2D eigenvalue weighted by Gasteiger charge is 2.27. The van der Waals surface area contributed by atoms with E-state index >= 15 is 0 Å². The summed E-state index contributed by atoms with van der Waals surface area (Å²) in [6.45, 7) is 5.10. The van der Waals surface area contributed by atoms with E-state index in [0.29, 0.717) is 13.1 Å².